The van der Waals surface area contributed by atoms with Gasteiger partial charge in [-0.05, 0) is 47.9 Å². The summed E-state index contributed by atoms with van der Waals surface area (Å²) in [6.45, 7) is 9.00. The van der Waals surface area contributed by atoms with Gasteiger partial charge >= 0.3 is 0 Å². The molecule has 0 saturated carbocycles. The molecule has 0 bridgehead atoms. The van der Waals surface area contributed by atoms with Crippen molar-refractivity contribution < 1.29 is 4.74 Å². The third-order valence-electron chi connectivity index (χ3n) is 3.93. The molecular weight excluding hydrogens is 303 g/mol. The van der Waals surface area contributed by atoms with Crippen LogP contribution < -0.4 is 4.74 Å². The minimum atomic E-state index is 0.256. The van der Waals surface area contributed by atoms with Crippen molar-refractivity contribution in [2.45, 2.75) is 64.8 Å². The molecule has 120 valence electrons. The van der Waals surface area contributed by atoms with E-state index in [1.165, 1.54) is 6.42 Å². The molecule has 0 N–H and O–H groups in total. The number of ether oxygens (including phenoxy) is 1. The Balaban J connectivity index is 2.86. The molecule has 21 heavy (non-hydrogen) atoms. The zero-order valence-corrected chi connectivity index (χ0v) is 15.2. The van der Waals surface area contributed by atoms with Gasteiger partial charge in [-0.1, -0.05) is 40.2 Å². The van der Waals surface area contributed by atoms with Gasteiger partial charge in [-0.3, -0.25) is 0 Å². The number of hydrogen-bond donors (Lipinski definition) is 0. The highest BCUT2D eigenvalue weighted by molar-refractivity contribution is 6.17. The topological polar surface area (TPSA) is 9.23 Å². The number of hydrogen-bond acceptors (Lipinski definition) is 1. The van der Waals surface area contributed by atoms with Crippen LogP contribution in [0.5, 0.6) is 5.75 Å². The largest absolute Gasteiger partial charge is 0.490 e. The number of rotatable bonds is 9. The van der Waals surface area contributed by atoms with Crippen molar-refractivity contribution in [3.63, 3.8) is 0 Å². The molecule has 2 atom stereocenters. The fourth-order valence-electron chi connectivity index (χ4n) is 2.35. The second-order valence-electron chi connectivity index (χ2n) is 6.27. The zero-order valence-electron chi connectivity index (χ0n) is 13.7. The van der Waals surface area contributed by atoms with Crippen LogP contribution in [0.25, 0.3) is 0 Å². The van der Waals surface area contributed by atoms with Gasteiger partial charge in [0.2, 0.25) is 0 Å². The van der Waals surface area contributed by atoms with Crippen molar-refractivity contribution in [1.29, 1.82) is 0 Å². The van der Waals surface area contributed by atoms with Gasteiger partial charge in [0.05, 0.1) is 0 Å². The van der Waals surface area contributed by atoms with E-state index in [1.807, 2.05) is 18.2 Å². The van der Waals surface area contributed by atoms with E-state index in [0.29, 0.717) is 23.6 Å². The summed E-state index contributed by atoms with van der Waals surface area (Å²) >= 11 is 11.9. The summed E-state index contributed by atoms with van der Waals surface area (Å²) in [6, 6.07) is 6.11. The van der Waals surface area contributed by atoms with Gasteiger partial charge in [0.25, 0.3) is 0 Å². The van der Waals surface area contributed by atoms with Crippen LogP contribution >= 0.6 is 23.2 Å². The molecule has 0 spiro atoms. The zero-order chi connectivity index (χ0) is 15.8. The van der Waals surface area contributed by atoms with Crippen LogP contribution in [0.4, 0.5) is 0 Å². The van der Waals surface area contributed by atoms with Crippen LogP contribution in [0.3, 0.4) is 0 Å². The summed E-state index contributed by atoms with van der Waals surface area (Å²) in [4.78, 5) is 0. The maximum atomic E-state index is 6.29. The number of alkyl halides is 2. The van der Waals surface area contributed by atoms with Crippen molar-refractivity contribution in [3.8, 4) is 5.75 Å². The Morgan fingerprint density at radius 3 is 1.95 bits per heavy atom. The van der Waals surface area contributed by atoms with Gasteiger partial charge in [0, 0.05) is 11.8 Å². The molecular formula is C18H28Cl2O. The molecule has 0 aliphatic rings. The van der Waals surface area contributed by atoms with Gasteiger partial charge in [-0.2, -0.15) is 0 Å². The molecule has 1 rings (SSSR count). The lowest BCUT2D eigenvalue weighted by molar-refractivity contribution is 0.124. The molecule has 0 fully saturated rings. The molecule has 1 aromatic rings. The van der Waals surface area contributed by atoms with Crippen molar-refractivity contribution in [3.05, 3.63) is 29.3 Å². The molecule has 2 unspecified atom stereocenters. The first-order valence-electron chi connectivity index (χ1n) is 7.91. The summed E-state index contributed by atoms with van der Waals surface area (Å²) in [5, 5.41) is 0. The van der Waals surface area contributed by atoms with Crippen LogP contribution in [0, 0.1) is 11.8 Å². The highest BCUT2D eigenvalue weighted by Crippen LogP contribution is 2.26. The Labute approximate surface area is 140 Å². The molecule has 0 heterocycles. The smallest absolute Gasteiger partial charge is 0.120 e. The van der Waals surface area contributed by atoms with E-state index < -0.39 is 0 Å². The summed E-state index contributed by atoms with van der Waals surface area (Å²) in [6.07, 6.45) is 3.66. The molecule has 3 heteroatoms. The predicted molar refractivity (Wildman–Crippen MR) is 93.5 cm³/mol. The molecule has 0 aliphatic heterocycles. The predicted octanol–water partition coefficient (Wildman–Crippen LogP) is 6.39. The molecule has 0 amide bonds. The van der Waals surface area contributed by atoms with Gasteiger partial charge < -0.3 is 4.74 Å². The second-order valence-corrected chi connectivity index (χ2v) is 6.80. The maximum Gasteiger partial charge on any atom is 0.120 e. The quantitative estimate of drug-likeness (QED) is 0.476. The Bertz CT molecular complexity index is 395. The first-order chi connectivity index (χ1) is 9.99. The van der Waals surface area contributed by atoms with E-state index in [-0.39, 0.29) is 6.10 Å². The molecule has 0 aromatic heterocycles. The van der Waals surface area contributed by atoms with Crippen molar-refractivity contribution >= 4 is 23.2 Å². The summed E-state index contributed by atoms with van der Waals surface area (Å²) < 4.78 is 6.29. The van der Waals surface area contributed by atoms with E-state index in [1.54, 1.807) is 0 Å². The lowest BCUT2D eigenvalue weighted by Crippen LogP contribution is -2.25. The molecule has 0 saturated heterocycles. The van der Waals surface area contributed by atoms with E-state index in [0.717, 1.165) is 29.7 Å². The van der Waals surface area contributed by atoms with Gasteiger partial charge in [-0.25, -0.2) is 0 Å². The van der Waals surface area contributed by atoms with Crippen LogP contribution in [0.2, 0.25) is 0 Å². The van der Waals surface area contributed by atoms with Crippen LogP contribution in [-0.4, -0.2) is 6.10 Å². The van der Waals surface area contributed by atoms with Gasteiger partial charge in [0.15, 0.2) is 0 Å². The fourth-order valence-corrected chi connectivity index (χ4v) is 2.65. The van der Waals surface area contributed by atoms with Crippen molar-refractivity contribution in [1.82, 2.24) is 0 Å². The highest BCUT2D eigenvalue weighted by Gasteiger charge is 2.18. The standard InChI is InChI=1S/C18H28Cl2O/c1-5-14(4)18(7-6-13(2)3)21-17-9-15(11-19)8-16(10-17)12-20/h8-10,13-14,18H,5-7,11-12H2,1-4H3. The second kappa shape index (κ2) is 9.58. The lowest BCUT2D eigenvalue weighted by atomic mass is 9.94. The maximum absolute atomic E-state index is 6.29. The Kier molecular flexibility index (Phi) is 8.51. The lowest BCUT2D eigenvalue weighted by Gasteiger charge is -2.25. The van der Waals surface area contributed by atoms with E-state index >= 15 is 0 Å². The molecule has 1 nitrogen and oxygen atoms in total. The van der Waals surface area contributed by atoms with Crippen molar-refractivity contribution in [2.24, 2.45) is 11.8 Å². The first kappa shape index (κ1) is 18.6. The third-order valence-corrected chi connectivity index (χ3v) is 4.55. The van der Waals surface area contributed by atoms with E-state index in [2.05, 4.69) is 27.7 Å². The minimum absolute atomic E-state index is 0.256. The average molecular weight is 331 g/mol. The van der Waals surface area contributed by atoms with Crippen molar-refractivity contribution in [2.75, 3.05) is 0 Å². The first-order valence-corrected chi connectivity index (χ1v) is 8.98. The molecule has 1 aromatic carbocycles. The number of benzene rings is 1. The van der Waals surface area contributed by atoms with Gasteiger partial charge in [-0.15, -0.1) is 23.2 Å². The Morgan fingerprint density at radius 1 is 0.952 bits per heavy atom. The molecule has 0 aliphatic carbocycles. The monoisotopic (exact) mass is 330 g/mol. The third kappa shape index (κ3) is 6.48. The normalized spacial score (nSPS) is 14.2. The SMILES string of the molecule is CCC(C)C(CCC(C)C)Oc1cc(CCl)cc(CCl)c1. The van der Waals surface area contributed by atoms with Crippen LogP contribution in [0.15, 0.2) is 18.2 Å². The summed E-state index contributed by atoms with van der Waals surface area (Å²) in [5.74, 6) is 3.12. The number of halogens is 2. The summed E-state index contributed by atoms with van der Waals surface area (Å²) in [5.41, 5.74) is 2.13. The van der Waals surface area contributed by atoms with E-state index in [4.69, 9.17) is 27.9 Å². The Morgan fingerprint density at radius 2 is 1.52 bits per heavy atom. The minimum Gasteiger partial charge on any atom is -0.490 e. The average Bonchev–Trinajstić information content (AvgIpc) is 2.49. The fraction of sp³-hybridized carbons (Fsp3) is 0.667. The van der Waals surface area contributed by atoms with E-state index in [9.17, 15) is 0 Å². The highest BCUT2D eigenvalue weighted by atomic mass is 35.5. The van der Waals surface area contributed by atoms with Gasteiger partial charge in [0.1, 0.15) is 11.9 Å². The van der Waals surface area contributed by atoms with Crippen LogP contribution in [0.1, 0.15) is 58.1 Å². The summed E-state index contributed by atoms with van der Waals surface area (Å²) in [7, 11) is 0. The Hall–Kier alpha value is -0.400. The molecule has 0 radical (unpaired) electrons. The van der Waals surface area contributed by atoms with Crippen LogP contribution in [-0.2, 0) is 11.8 Å².